The largest absolute Gasteiger partial charge is 1.00 e. The Morgan fingerprint density at radius 2 is 1.12 bits per heavy atom. The van der Waals surface area contributed by atoms with Crippen molar-refractivity contribution in [1.29, 1.82) is 0 Å². The van der Waals surface area contributed by atoms with Gasteiger partial charge >= 0.3 is 41.7 Å². The predicted molar refractivity (Wildman–Crippen MR) is 21.4 cm³/mol. The molecule has 0 aromatic carbocycles. The van der Waals surface area contributed by atoms with Crippen LogP contribution in [-0.2, 0) is 25.0 Å². The van der Waals surface area contributed by atoms with Crippen LogP contribution in [0.2, 0.25) is 0 Å². The maximum absolute atomic E-state index is 10.2. The van der Waals surface area contributed by atoms with Gasteiger partial charge in [0.05, 0.1) is 0 Å². The third kappa shape index (κ3) is 125. The van der Waals surface area contributed by atoms with E-state index in [2.05, 4.69) is 17.1 Å². The average Bonchev–Trinajstić information content (AvgIpc) is 0.722. The summed E-state index contributed by atoms with van der Waals surface area (Å²) in [4.78, 5) is 0. The third-order valence-electron chi connectivity index (χ3n) is 0. The molecule has 0 radical (unpaired) electrons. The minimum absolute atomic E-state index is 0. The van der Waals surface area contributed by atoms with Gasteiger partial charge in [-0.1, -0.05) is 0 Å². The summed E-state index contributed by atoms with van der Waals surface area (Å²) in [5.41, 5.74) is 0. The number of hydrogen-bond acceptors (Lipinski definition) is 1. The van der Waals surface area contributed by atoms with Crippen molar-refractivity contribution in [2.75, 3.05) is 12.5 Å². The molecule has 0 rings (SSSR count). The quantitative estimate of drug-likeness (QED) is 0.346. The Morgan fingerprint density at radius 1 is 1.12 bits per heavy atom. The summed E-state index contributed by atoms with van der Waals surface area (Å²) >= 11 is 2.44. The van der Waals surface area contributed by atoms with Crippen LogP contribution in [0.5, 0.6) is 0 Å². The Kier molecular flexibility index (Phi) is 24.4. The van der Waals surface area contributed by atoms with E-state index in [9.17, 15) is 4.21 Å². The number of thiol groups is 1. The summed E-state index contributed by atoms with van der Waals surface area (Å²) in [6.07, 6.45) is 3.39. The topological polar surface area (TPSA) is 17.1 Å². The molecule has 8 heavy (non-hydrogen) atoms. The summed E-state index contributed by atoms with van der Waals surface area (Å²) in [5, 5.41) is 0. The molecular weight excluding hydrogens is 281 g/mol. The minimum atomic E-state index is -1.75. The van der Waals surface area contributed by atoms with E-state index in [0.717, 1.165) is 0 Å². The summed E-state index contributed by atoms with van der Waals surface area (Å²) < 4.78 is 10.2. The molecule has 6 heteroatoms. The second-order valence-electron chi connectivity index (χ2n) is 1.17. The van der Waals surface area contributed by atoms with Crippen LogP contribution in [-0.4, -0.2) is 16.7 Å². The molecule has 0 aliphatic heterocycles. The molecule has 0 amide bonds. The minimum Gasteiger partial charge on any atom is -1.00 e. The van der Waals surface area contributed by atoms with Crippen molar-refractivity contribution in [3.8, 4) is 0 Å². The van der Waals surface area contributed by atoms with Crippen molar-refractivity contribution in [1.82, 2.24) is 0 Å². The van der Waals surface area contributed by atoms with Gasteiger partial charge in [0.1, 0.15) is 0 Å². The van der Waals surface area contributed by atoms with Gasteiger partial charge in [-0.3, -0.25) is 0 Å². The van der Waals surface area contributed by atoms with Crippen molar-refractivity contribution >= 4 is 7.92 Å². The Morgan fingerprint density at radius 3 is 1.12 bits per heavy atom. The van der Waals surface area contributed by atoms with Crippen molar-refractivity contribution in [2.24, 2.45) is 0 Å². The van der Waals surface area contributed by atoms with Crippen molar-refractivity contribution in [3.05, 3.63) is 0 Å². The smallest absolute Gasteiger partial charge is 1.00 e. The molecule has 0 aromatic heterocycles. The van der Waals surface area contributed by atoms with E-state index in [1.165, 1.54) is 0 Å². The van der Waals surface area contributed by atoms with E-state index in [4.69, 9.17) is 0 Å². The molecule has 0 fully saturated rings. The Labute approximate surface area is 78.6 Å². The standard InChI is InChI=1S/C2H7OS.3ClH.Rh/c1-4(2)3;;;;/h4H,1-2H3;3*1H;/q;;;;+3/p-3. The van der Waals surface area contributed by atoms with Crippen molar-refractivity contribution < 1.29 is 58.5 Å². The van der Waals surface area contributed by atoms with Crippen molar-refractivity contribution in [2.45, 2.75) is 0 Å². The van der Waals surface area contributed by atoms with E-state index in [-0.39, 0.29) is 37.2 Å². The van der Waals surface area contributed by atoms with Crippen LogP contribution in [0.3, 0.4) is 0 Å². The molecule has 0 aliphatic carbocycles. The molecule has 0 bridgehead atoms. The van der Waals surface area contributed by atoms with Gasteiger partial charge in [-0.25, -0.2) is 0 Å². The normalized spacial score (nSPS) is 9.25. The van der Waals surface area contributed by atoms with E-state index in [1.54, 1.807) is 12.5 Å². The fourth-order valence-electron chi connectivity index (χ4n) is 0. The molecule has 0 N–H and O–H groups in total. The molecule has 0 atom stereocenters. The van der Waals surface area contributed by atoms with Crippen LogP contribution < -0.4 is 37.2 Å². The van der Waals surface area contributed by atoms with Crippen LogP contribution >= 0.6 is 0 Å². The van der Waals surface area contributed by atoms with E-state index in [1.807, 2.05) is 0 Å². The van der Waals surface area contributed by atoms with Crippen LogP contribution in [0.15, 0.2) is 0 Å². The van der Waals surface area contributed by atoms with Crippen LogP contribution in [0.25, 0.3) is 0 Å². The van der Waals surface area contributed by atoms with Gasteiger partial charge in [0.2, 0.25) is 0 Å². The molecule has 0 unspecified atom stereocenters. The first-order chi connectivity index (χ1) is 2.00. The SMILES string of the molecule is C[SH](C)(=O)[Rh+3].[Cl-].[Cl-].[Cl-]. The zero-order valence-electron chi connectivity index (χ0n) is 4.32. The van der Waals surface area contributed by atoms with Crippen LogP contribution in [0, 0.1) is 0 Å². The molecular formula is C2H7Cl3ORhS. The fraction of sp³-hybridized carbons (Fsp3) is 1.00. The summed E-state index contributed by atoms with van der Waals surface area (Å²) in [6, 6.07) is 0. The summed E-state index contributed by atoms with van der Waals surface area (Å²) in [6.45, 7) is 0. The molecule has 0 aromatic rings. The first-order valence-electron chi connectivity index (χ1n) is 1.23. The second kappa shape index (κ2) is 8.64. The molecule has 0 saturated heterocycles. The first kappa shape index (κ1) is 22.6. The van der Waals surface area contributed by atoms with Gasteiger partial charge < -0.3 is 37.2 Å². The maximum Gasteiger partial charge on any atom is -1.00 e. The van der Waals surface area contributed by atoms with E-state index in [0.29, 0.717) is 0 Å². The van der Waals surface area contributed by atoms with Gasteiger partial charge in [-0.05, 0) is 0 Å². The van der Waals surface area contributed by atoms with Gasteiger partial charge in [0.25, 0.3) is 0 Å². The monoisotopic (exact) mass is 287 g/mol. The number of hydrogen-bond donors (Lipinski definition) is 1. The van der Waals surface area contributed by atoms with Crippen molar-refractivity contribution in [3.63, 3.8) is 0 Å². The van der Waals surface area contributed by atoms with Gasteiger partial charge in [0.15, 0.2) is 0 Å². The van der Waals surface area contributed by atoms with Crippen LogP contribution in [0.1, 0.15) is 0 Å². The summed E-state index contributed by atoms with van der Waals surface area (Å²) in [5.74, 6) is 0. The van der Waals surface area contributed by atoms with Gasteiger partial charge in [-0.2, -0.15) is 0 Å². The average molecular weight is 288 g/mol. The molecule has 0 aliphatic rings. The molecule has 0 saturated carbocycles. The van der Waals surface area contributed by atoms with Gasteiger partial charge in [-0.15, -0.1) is 0 Å². The predicted octanol–water partition coefficient (Wildman–Crippen LogP) is -9.26. The number of rotatable bonds is 0. The molecule has 0 heterocycles. The molecule has 1 nitrogen and oxygen atoms in total. The Hall–Kier alpha value is 1.64. The zero-order valence-corrected chi connectivity index (χ0v) is 9.12. The molecule has 57 valence electrons. The molecule has 0 spiro atoms. The maximum atomic E-state index is 10.2. The number of halogens is 3. The Bertz CT molecular complexity index is 63.4. The zero-order chi connectivity index (χ0) is 4.50. The summed E-state index contributed by atoms with van der Waals surface area (Å²) in [7, 11) is -1.75. The Balaban J connectivity index is -0.0000000267. The first-order valence-corrected chi connectivity index (χ1v) is 5.88. The second-order valence-corrected chi connectivity index (χ2v) is 8.81. The van der Waals surface area contributed by atoms with E-state index < -0.39 is 7.92 Å². The van der Waals surface area contributed by atoms with Crippen LogP contribution in [0.4, 0.5) is 0 Å². The van der Waals surface area contributed by atoms with Gasteiger partial charge in [0, 0.05) is 0 Å². The fourth-order valence-corrected chi connectivity index (χ4v) is 0. The third-order valence-corrected chi connectivity index (χ3v) is 0. The van der Waals surface area contributed by atoms with E-state index >= 15 is 0 Å².